The summed E-state index contributed by atoms with van der Waals surface area (Å²) in [7, 11) is 0. The van der Waals surface area contributed by atoms with Gasteiger partial charge in [0.25, 0.3) is 0 Å². The first kappa shape index (κ1) is 10.5. The van der Waals surface area contributed by atoms with E-state index in [9.17, 15) is 4.79 Å². The van der Waals surface area contributed by atoms with Crippen molar-refractivity contribution in [3.8, 4) is 0 Å². The number of hydrogen-bond donors (Lipinski definition) is 2. The standard InChI is InChI=1S/C9H18N2O2/c1-2-13-9(12)6-11-8-4-3-7(10)5-8/h7-8,11H,2-6,10H2,1H3. The van der Waals surface area contributed by atoms with Gasteiger partial charge in [0.2, 0.25) is 0 Å². The molecule has 4 heteroatoms. The molecule has 76 valence electrons. The fourth-order valence-corrected chi connectivity index (χ4v) is 1.64. The fraction of sp³-hybridized carbons (Fsp3) is 0.889. The number of hydrogen-bond acceptors (Lipinski definition) is 4. The van der Waals surface area contributed by atoms with E-state index in [2.05, 4.69) is 5.32 Å². The second kappa shape index (κ2) is 5.19. The van der Waals surface area contributed by atoms with E-state index in [1.165, 1.54) is 0 Å². The van der Waals surface area contributed by atoms with Crippen molar-refractivity contribution in [1.29, 1.82) is 0 Å². The van der Waals surface area contributed by atoms with Crippen LogP contribution < -0.4 is 11.1 Å². The summed E-state index contributed by atoms with van der Waals surface area (Å²) in [6.07, 6.45) is 3.10. The Morgan fingerprint density at radius 2 is 2.38 bits per heavy atom. The zero-order valence-electron chi connectivity index (χ0n) is 8.08. The molecule has 1 aliphatic rings. The number of esters is 1. The predicted molar refractivity (Wildman–Crippen MR) is 50.3 cm³/mol. The zero-order chi connectivity index (χ0) is 9.68. The van der Waals surface area contributed by atoms with E-state index in [1.807, 2.05) is 6.92 Å². The van der Waals surface area contributed by atoms with Gasteiger partial charge in [-0.15, -0.1) is 0 Å². The minimum absolute atomic E-state index is 0.178. The van der Waals surface area contributed by atoms with Crippen molar-refractivity contribution < 1.29 is 9.53 Å². The fourth-order valence-electron chi connectivity index (χ4n) is 1.64. The number of nitrogens with one attached hydrogen (secondary N) is 1. The van der Waals surface area contributed by atoms with E-state index in [0.717, 1.165) is 19.3 Å². The van der Waals surface area contributed by atoms with E-state index in [0.29, 0.717) is 25.2 Å². The van der Waals surface area contributed by atoms with E-state index in [1.54, 1.807) is 0 Å². The summed E-state index contributed by atoms with van der Waals surface area (Å²) in [6.45, 7) is 2.57. The Labute approximate surface area is 78.8 Å². The Bertz CT molecular complexity index is 173. The third-order valence-corrected chi connectivity index (χ3v) is 2.31. The van der Waals surface area contributed by atoms with Crippen LogP contribution in [0.5, 0.6) is 0 Å². The summed E-state index contributed by atoms with van der Waals surface area (Å²) >= 11 is 0. The van der Waals surface area contributed by atoms with Crippen molar-refractivity contribution in [2.45, 2.75) is 38.3 Å². The maximum atomic E-state index is 11.0. The van der Waals surface area contributed by atoms with Crippen molar-refractivity contribution in [2.75, 3.05) is 13.2 Å². The van der Waals surface area contributed by atoms with Crippen LogP contribution in [0.1, 0.15) is 26.2 Å². The highest BCUT2D eigenvalue weighted by molar-refractivity contribution is 5.71. The van der Waals surface area contributed by atoms with Gasteiger partial charge in [0.1, 0.15) is 0 Å². The Hall–Kier alpha value is -0.610. The molecule has 0 aromatic heterocycles. The molecule has 0 saturated heterocycles. The summed E-state index contributed by atoms with van der Waals surface area (Å²) in [5, 5.41) is 3.14. The van der Waals surface area contributed by atoms with Crippen LogP contribution in [0.4, 0.5) is 0 Å². The van der Waals surface area contributed by atoms with Gasteiger partial charge < -0.3 is 15.8 Å². The van der Waals surface area contributed by atoms with Crippen LogP contribution in [0.15, 0.2) is 0 Å². The maximum Gasteiger partial charge on any atom is 0.319 e. The van der Waals surface area contributed by atoms with Gasteiger partial charge >= 0.3 is 5.97 Å². The van der Waals surface area contributed by atoms with Crippen molar-refractivity contribution in [2.24, 2.45) is 5.73 Å². The molecule has 1 aliphatic carbocycles. The van der Waals surface area contributed by atoms with Crippen molar-refractivity contribution in [3.05, 3.63) is 0 Å². The zero-order valence-corrected chi connectivity index (χ0v) is 8.08. The van der Waals surface area contributed by atoms with Gasteiger partial charge in [0.15, 0.2) is 0 Å². The Morgan fingerprint density at radius 3 is 2.92 bits per heavy atom. The van der Waals surface area contributed by atoms with Crippen LogP contribution in [0, 0.1) is 0 Å². The highest BCUT2D eigenvalue weighted by Gasteiger charge is 2.21. The van der Waals surface area contributed by atoms with E-state index >= 15 is 0 Å². The van der Waals surface area contributed by atoms with Crippen LogP contribution in [0.25, 0.3) is 0 Å². The van der Waals surface area contributed by atoms with Crippen molar-refractivity contribution >= 4 is 5.97 Å². The molecule has 2 atom stereocenters. The van der Waals surface area contributed by atoms with Crippen LogP contribution >= 0.6 is 0 Å². The summed E-state index contributed by atoms with van der Waals surface area (Å²) in [6, 6.07) is 0.708. The smallest absolute Gasteiger partial charge is 0.319 e. The molecule has 0 bridgehead atoms. The van der Waals surface area contributed by atoms with Gasteiger partial charge in [-0.25, -0.2) is 0 Å². The average molecular weight is 186 g/mol. The van der Waals surface area contributed by atoms with Crippen LogP contribution in [-0.2, 0) is 9.53 Å². The summed E-state index contributed by atoms with van der Waals surface area (Å²) in [5.41, 5.74) is 5.73. The largest absolute Gasteiger partial charge is 0.465 e. The van der Waals surface area contributed by atoms with Gasteiger partial charge in [0.05, 0.1) is 13.2 Å². The third kappa shape index (κ3) is 3.74. The summed E-state index contributed by atoms with van der Waals surface area (Å²) in [5.74, 6) is -0.178. The molecule has 0 aromatic carbocycles. The first-order valence-electron chi connectivity index (χ1n) is 4.87. The molecule has 0 heterocycles. The average Bonchev–Trinajstić information content (AvgIpc) is 2.49. The third-order valence-electron chi connectivity index (χ3n) is 2.31. The first-order chi connectivity index (χ1) is 6.22. The van der Waals surface area contributed by atoms with Gasteiger partial charge in [-0.1, -0.05) is 0 Å². The van der Waals surface area contributed by atoms with Gasteiger partial charge in [-0.3, -0.25) is 4.79 Å². The minimum Gasteiger partial charge on any atom is -0.465 e. The normalized spacial score (nSPS) is 27.5. The number of nitrogens with two attached hydrogens (primary N) is 1. The van der Waals surface area contributed by atoms with Gasteiger partial charge in [0, 0.05) is 12.1 Å². The molecule has 2 unspecified atom stereocenters. The lowest BCUT2D eigenvalue weighted by Gasteiger charge is -2.10. The van der Waals surface area contributed by atoms with Crippen LogP contribution in [0.2, 0.25) is 0 Å². The Balaban J connectivity index is 2.09. The van der Waals surface area contributed by atoms with Crippen molar-refractivity contribution in [3.63, 3.8) is 0 Å². The molecular formula is C9H18N2O2. The second-order valence-electron chi connectivity index (χ2n) is 3.46. The van der Waals surface area contributed by atoms with Gasteiger partial charge in [-0.2, -0.15) is 0 Å². The molecule has 1 rings (SSSR count). The Morgan fingerprint density at radius 1 is 1.62 bits per heavy atom. The molecule has 0 radical (unpaired) electrons. The molecular weight excluding hydrogens is 168 g/mol. The van der Waals surface area contributed by atoms with E-state index in [4.69, 9.17) is 10.5 Å². The number of ether oxygens (including phenoxy) is 1. The SMILES string of the molecule is CCOC(=O)CNC1CCC(N)C1. The topological polar surface area (TPSA) is 64.3 Å². The Kier molecular flexibility index (Phi) is 4.18. The first-order valence-corrected chi connectivity index (χ1v) is 4.87. The molecule has 0 aliphatic heterocycles. The number of rotatable bonds is 4. The van der Waals surface area contributed by atoms with Crippen LogP contribution in [-0.4, -0.2) is 31.2 Å². The quantitative estimate of drug-likeness (QED) is 0.607. The van der Waals surface area contributed by atoms with E-state index in [-0.39, 0.29) is 5.97 Å². The minimum atomic E-state index is -0.178. The molecule has 1 fully saturated rings. The lowest BCUT2D eigenvalue weighted by Crippen LogP contribution is -2.33. The predicted octanol–water partition coefficient (Wildman–Crippen LogP) is 0.0189. The highest BCUT2D eigenvalue weighted by atomic mass is 16.5. The van der Waals surface area contributed by atoms with Gasteiger partial charge in [-0.05, 0) is 26.2 Å². The second-order valence-corrected chi connectivity index (χ2v) is 3.46. The number of carbonyl (C=O) groups is 1. The summed E-state index contributed by atoms with van der Waals surface area (Å²) < 4.78 is 4.80. The lowest BCUT2D eigenvalue weighted by molar-refractivity contribution is -0.142. The molecule has 0 amide bonds. The molecule has 0 spiro atoms. The van der Waals surface area contributed by atoms with Crippen molar-refractivity contribution in [1.82, 2.24) is 5.32 Å². The highest BCUT2D eigenvalue weighted by Crippen LogP contribution is 2.16. The maximum absolute atomic E-state index is 11.0. The molecule has 3 N–H and O–H groups in total. The molecule has 4 nitrogen and oxygen atoms in total. The van der Waals surface area contributed by atoms with E-state index < -0.39 is 0 Å². The number of carbonyl (C=O) groups excluding carboxylic acids is 1. The lowest BCUT2D eigenvalue weighted by atomic mass is 10.2. The molecule has 0 aromatic rings. The van der Waals surface area contributed by atoms with Crippen LogP contribution in [0.3, 0.4) is 0 Å². The molecule has 13 heavy (non-hydrogen) atoms. The summed E-state index contributed by atoms with van der Waals surface area (Å²) in [4.78, 5) is 11.0. The molecule has 1 saturated carbocycles. The monoisotopic (exact) mass is 186 g/mol.